The highest BCUT2D eigenvalue weighted by Crippen LogP contribution is 2.20. The molecule has 2 rings (SSSR count). The number of aryl methyl sites for hydroxylation is 1. The molecule has 108 valence electrons. The van der Waals surface area contributed by atoms with Crippen LogP contribution >= 0.6 is 0 Å². The smallest absolute Gasteiger partial charge is 0.254 e. The minimum Gasteiger partial charge on any atom is -0.409 e. The highest BCUT2D eigenvalue weighted by atomic mass is 16.4. The van der Waals surface area contributed by atoms with Crippen LogP contribution in [0.5, 0.6) is 0 Å². The van der Waals surface area contributed by atoms with Gasteiger partial charge in [0.25, 0.3) is 5.91 Å². The number of carbonyl (C=O) groups is 1. The number of nitrogens with two attached hydrogens (primary N) is 1. The first-order valence-electron chi connectivity index (χ1n) is 7.02. The zero-order valence-electron chi connectivity index (χ0n) is 11.7. The molecule has 1 heterocycles. The summed E-state index contributed by atoms with van der Waals surface area (Å²) < 4.78 is 0. The van der Waals surface area contributed by atoms with Gasteiger partial charge in [-0.1, -0.05) is 30.3 Å². The molecular weight excluding hydrogens is 254 g/mol. The Kier molecular flexibility index (Phi) is 4.61. The van der Waals surface area contributed by atoms with Gasteiger partial charge in [-0.05, 0) is 30.9 Å². The zero-order chi connectivity index (χ0) is 14.5. The molecule has 1 aromatic rings. The number of nitrogens with zero attached hydrogens (tertiary/aromatic N) is 2. The molecular formula is C15H21N3O2. The van der Waals surface area contributed by atoms with Crippen molar-refractivity contribution in [2.75, 3.05) is 13.1 Å². The topological polar surface area (TPSA) is 78.9 Å². The molecule has 1 amide bonds. The maximum absolute atomic E-state index is 12.6. The maximum Gasteiger partial charge on any atom is 0.254 e. The molecule has 0 spiro atoms. The van der Waals surface area contributed by atoms with E-state index in [-0.39, 0.29) is 17.7 Å². The molecule has 1 unspecified atom stereocenters. The molecule has 1 aliphatic heterocycles. The van der Waals surface area contributed by atoms with E-state index in [1.54, 1.807) is 4.90 Å². The molecule has 1 atom stereocenters. The summed E-state index contributed by atoms with van der Waals surface area (Å²) in [5.41, 5.74) is 7.48. The van der Waals surface area contributed by atoms with Gasteiger partial charge < -0.3 is 15.8 Å². The van der Waals surface area contributed by atoms with Gasteiger partial charge in [-0.2, -0.15) is 0 Å². The van der Waals surface area contributed by atoms with Crippen molar-refractivity contribution < 1.29 is 10.0 Å². The highest BCUT2D eigenvalue weighted by molar-refractivity contribution is 5.96. The van der Waals surface area contributed by atoms with Crippen LogP contribution in [0.2, 0.25) is 0 Å². The molecule has 20 heavy (non-hydrogen) atoms. The number of piperidine rings is 1. The van der Waals surface area contributed by atoms with Crippen LogP contribution in [0.3, 0.4) is 0 Å². The summed E-state index contributed by atoms with van der Waals surface area (Å²) in [6.45, 7) is 3.29. The Bertz CT molecular complexity index is 514. The van der Waals surface area contributed by atoms with Crippen molar-refractivity contribution in [3.8, 4) is 0 Å². The standard InChI is InChI=1S/C15H21N3O2/c1-2-11-6-3-4-8-13(11)15(19)18-9-5-7-12(10-18)14(16)17-20/h3-4,6,8,12,20H,2,5,7,9-10H2,1H3,(H2,16,17). The van der Waals surface area contributed by atoms with Crippen molar-refractivity contribution in [2.24, 2.45) is 16.8 Å². The normalized spacial score (nSPS) is 19.9. The van der Waals surface area contributed by atoms with Crippen molar-refractivity contribution in [2.45, 2.75) is 26.2 Å². The summed E-state index contributed by atoms with van der Waals surface area (Å²) >= 11 is 0. The molecule has 1 aliphatic rings. The second kappa shape index (κ2) is 6.41. The summed E-state index contributed by atoms with van der Waals surface area (Å²) in [7, 11) is 0. The van der Waals surface area contributed by atoms with Gasteiger partial charge in [-0.25, -0.2) is 0 Å². The first-order chi connectivity index (χ1) is 9.67. The molecule has 1 aromatic carbocycles. The van der Waals surface area contributed by atoms with Gasteiger partial charge in [0.15, 0.2) is 0 Å². The Morgan fingerprint density at radius 1 is 1.50 bits per heavy atom. The van der Waals surface area contributed by atoms with Gasteiger partial charge in [-0.3, -0.25) is 4.79 Å². The van der Waals surface area contributed by atoms with E-state index in [1.165, 1.54) is 0 Å². The van der Waals surface area contributed by atoms with Crippen LogP contribution in [0.25, 0.3) is 0 Å². The fourth-order valence-electron chi connectivity index (χ4n) is 2.69. The lowest BCUT2D eigenvalue weighted by Gasteiger charge is -2.32. The van der Waals surface area contributed by atoms with E-state index < -0.39 is 0 Å². The van der Waals surface area contributed by atoms with Gasteiger partial charge in [0.1, 0.15) is 5.84 Å². The van der Waals surface area contributed by atoms with Crippen LogP contribution in [-0.4, -0.2) is 34.9 Å². The van der Waals surface area contributed by atoms with Crippen molar-refractivity contribution in [3.05, 3.63) is 35.4 Å². The van der Waals surface area contributed by atoms with E-state index >= 15 is 0 Å². The van der Waals surface area contributed by atoms with E-state index in [4.69, 9.17) is 10.9 Å². The van der Waals surface area contributed by atoms with Crippen LogP contribution < -0.4 is 5.73 Å². The van der Waals surface area contributed by atoms with Crippen LogP contribution in [0.4, 0.5) is 0 Å². The predicted molar refractivity (Wildman–Crippen MR) is 77.9 cm³/mol. The van der Waals surface area contributed by atoms with E-state index in [0.29, 0.717) is 6.54 Å². The lowest BCUT2D eigenvalue weighted by atomic mass is 9.95. The molecule has 5 nitrogen and oxygen atoms in total. The van der Waals surface area contributed by atoms with E-state index in [0.717, 1.165) is 36.9 Å². The average Bonchev–Trinajstić information content (AvgIpc) is 2.53. The number of benzene rings is 1. The van der Waals surface area contributed by atoms with E-state index in [1.807, 2.05) is 31.2 Å². The third-order valence-electron chi connectivity index (χ3n) is 3.87. The average molecular weight is 275 g/mol. The Morgan fingerprint density at radius 3 is 2.95 bits per heavy atom. The Morgan fingerprint density at radius 2 is 2.25 bits per heavy atom. The van der Waals surface area contributed by atoms with Crippen LogP contribution in [0.1, 0.15) is 35.7 Å². The number of oxime groups is 1. The van der Waals surface area contributed by atoms with Crippen LogP contribution in [-0.2, 0) is 6.42 Å². The van der Waals surface area contributed by atoms with Gasteiger partial charge in [0.05, 0.1) is 0 Å². The zero-order valence-corrected chi connectivity index (χ0v) is 11.7. The predicted octanol–water partition coefficient (Wildman–Crippen LogP) is 1.85. The first kappa shape index (κ1) is 14.4. The SMILES string of the molecule is CCc1ccccc1C(=O)N1CCCC(/C(N)=N/O)C1. The van der Waals surface area contributed by atoms with E-state index in [2.05, 4.69) is 5.16 Å². The molecule has 0 aromatic heterocycles. The lowest BCUT2D eigenvalue weighted by Crippen LogP contribution is -2.44. The molecule has 1 saturated heterocycles. The molecule has 0 aliphatic carbocycles. The van der Waals surface area contributed by atoms with Crippen LogP contribution in [0.15, 0.2) is 29.4 Å². The van der Waals surface area contributed by atoms with Crippen molar-refractivity contribution in [1.82, 2.24) is 4.90 Å². The van der Waals surface area contributed by atoms with Gasteiger partial charge in [0.2, 0.25) is 0 Å². The fourth-order valence-corrected chi connectivity index (χ4v) is 2.69. The largest absolute Gasteiger partial charge is 0.409 e. The number of amidine groups is 1. The number of carbonyl (C=O) groups excluding carboxylic acids is 1. The molecule has 0 saturated carbocycles. The number of likely N-dealkylation sites (tertiary alicyclic amines) is 1. The monoisotopic (exact) mass is 275 g/mol. The third-order valence-corrected chi connectivity index (χ3v) is 3.87. The van der Waals surface area contributed by atoms with Crippen molar-refractivity contribution in [1.29, 1.82) is 0 Å². The molecule has 5 heteroatoms. The fraction of sp³-hybridized carbons (Fsp3) is 0.467. The quantitative estimate of drug-likeness (QED) is 0.382. The summed E-state index contributed by atoms with van der Waals surface area (Å²) in [6.07, 6.45) is 2.56. The lowest BCUT2D eigenvalue weighted by molar-refractivity contribution is 0.0700. The number of hydrogen-bond donors (Lipinski definition) is 2. The maximum atomic E-state index is 12.6. The Labute approximate surface area is 119 Å². The molecule has 3 N–H and O–H groups in total. The second-order valence-corrected chi connectivity index (χ2v) is 5.13. The summed E-state index contributed by atoms with van der Waals surface area (Å²) in [5.74, 6) is 0.204. The Hall–Kier alpha value is -2.04. The van der Waals surface area contributed by atoms with Crippen LogP contribution in [0, 0.1) is 5.92 Å². The number of amides is 1. The minimum atomic E-state index is -0.0495. The van der Waals surface area contributed by atoms with Gasteiger partial charge in [-0.15, -0.1) is 0 Å². The first-order valence-corrected chi connectivity index (χ1v) is 7.02. The Balaban J connectivity index is 2.16. The number of rotatable bonds is 3. The van der Waals surface area contributed by atoms with Gasteiger partial charge in [0, 0.05) is 24.6 Å². The summed E-state index contributed by atoms with van der Waals surface area (Å²) in [6, 6.07) is 7.69. The van der Waals surface area contributed by atoms with Gasteiger partial charge >= 0.3 is 0 Å². The summed E-state index contributed by atoms with van der Waals surface area (Å²) in [5, 5.41) is 11.8. The molecule has 1 fully saturated rings. The van der Waals surface area contributed by atoms with Crippen molar-refractivity contribution >= 4 is 11.7 Å². The highest BCUT2D eigenvalue weighted by Gasteiger charge is 2.27. The van der Waals surface area contributed by atoms with Crippen molar-refractivity contribution in [3.63, 3.8) is 0 Å². The second-order valence-electron chi connectivity index (χ2n) is 5.13. The summed E-state index contributed by atoms with van der Waals surface area (Å²) in [4.78, 5) is 14.4. The molecule has 0 bridgehead atoms. The van der Waals surface area contributed by atoms with E-state index in [9.17, 15) is 4.79 Å². The number of hydrogen-bond acceptors (Lipinski definition) is 3. The molecule has 0 radical (unpaired) electrons. The third kappa shape index (κ3) is 2.92. The minimum absolute atomic E-state index is 0.0397.